The van der Waals surface area contributed by atoms with Crippen LogP contribution < -0.4 is 5.32 Å². The highest BCUT2D eigenvalue weighted by molar-refractivity contribution is 5.45. The molecule has 0 aromatic heterocycles. The molecule has 1 aliphatic heterocycles. The van der Waals surface area contributed by atoms with Gasteiger partial charge in [-0.15, -0.1) is 0 Å². The van der Waals surface area contributed by atoms with Crippen LogP contribution in [0.5, 0.6) is 0 Å². The second-order valence-corrected chi connectivity index (χ2v) is 5.36. The Kier molecular flexibility index (Phi) is 4.59. The Morgan fingerprint density at radius 2 is 2.17 bits per heavy atom. The summed E-state index contributed by atoms with van der Waals surface area (Å²) < 4.78 is 13.2. The van der Waals surface area contributed by atoms with Gasteiger partial charge >= 0.3 is 0 Å². The number of nitrogens with zero attached hydrogens (tertiary/aromatic N) is 1. The quantitative estimate of drug-likeness (QED) is 0.881. The van der Waals surface area contributed by atoms with Crippen molar-refractivity contribution < 1.29 is 4.39 Å². The predicted molar refractivity (Wildman–Crippen MR) is 74.5 cm³/mol. The smallest absolute Gasteiger partial charge is 0.125 e. The van der Waals surface area contributed by atoms with Gasteiger partial charge in [-0.05, 0) is 63.5 Å². The molecule has 2 rings (SSSR count). The van der Waals surface area contributed by atoms with Crippen LogP contribution in [0.15, 0.2) is 18.2 Å². The molecular formula is C15H23FN2. The van der Waals surface area contributed by atoms with Gasteiger partial charge in [0, 0.05) is 18.3 Å². The Bertz CT molecular complexity index is 372. The molecule has 0 amide bonds. The van der Waals surface area contributed by atoms with Crippen molar-refractivity contribution in [1.82, 2.24) is 4.90 Å². The van der Waals surface area contributed by atoms with Crippen LogP contribution in [0, 0.1) is 12.7 Å². The van der Waals surface area contributed by atoms with Gasteiger partial charge in [0.25, 0.3) is 0 Å². The summed E-state index contributed by atoms with van der Waals surface area (Å²) in [5, 5.41) is 3.33. The van der Waals surface area contributed by atoms with E-state index in [-0.39, 0.29) is 5.82 Å². The van der Waals surface area contributed by atoms with Crippen LogP contribution >= 0.6 is 0 Å². The first-order chi connectivity index (χ1) is 8.65. The first-order valence-electron chi connectivity index (χ1n) is 6.86. The van der Waals surface area contributed by atoms with E-state index >= 15 is 0 Å². The molecule has 1 fully saturated rings. The molecule has 3 heteroatoms. The van der Waals surface area contributed by atoms with Gasteiger partial charge in [0.05, 0.1) is 0 Å². The number of hydrogen-bond acceptors (Lipinski definition) is 2. The minimum atomic E-state index is -0.160. The van der Waals surface area contributed by atoms with Gasteiger partial charge < -0.3 is 10.2 Å². The fraction of sp³-hybridized carbons (Fsp3) is 0.600. The zero-order chi connectivity index (χ0) is 13.0. The van der Waals surface area contributed by atoms with Gasteiger partial charge in [0.15, 0.2) is 0 Å². The molecule has 1 heterocycles. The highest BCUT2D eigenvalue weighted by Crippen LogP contribution is 2.18. The average molecular weight is 250 g/mol. The van der Waals surface area contributed by atoms with Crippen molar-refractivity contribution in [3.63, 3.8) is 0 Å². The van der Waals surface area contributed by atoms with E-state index in [0.717, 1.165) is 24.2 Å². The molecule has 1 atom stereocenters. The maximum atomic E-state index is 13.2. The standard InChI is InChI=1S/C15H23FN2/c1-12-9-13(16)11-14(10-12)17-7-6-15-5-3-4-8-18(15)2/h9-11,15,17H,3-8H2,1-2H3. The van der Waals surface area contributed by atoms with E-state index in [2.05, 4.69) is 17.3 Å². The molecule has 0 spiro atoms. The van der Waals surface area contributed by atoms with Gasteiger partial charge in [-0.25, -0.2) is 4.39 Å². The van der Waals surface area contributed by atoms with Crippen LogP contribution in [-0.2, 0) is 0 Å². The summed E-state index contributed by atoms with van der Waals surface area (Å²) >= 11 is 0. The summed E-state index contributed by atoms with van der Waals surface area (Å²) in [6.45, 7) is 4.05. The van der Waals surface area contributed by atoms with Crippen molar-refractivity contribution in [1.29, 1.82) is 0 Å². The minimum absolute atomic E-state index is 0.160. The fourth-order valence-corrected chi connectivity index (χ4v) is 2.73. The van der Waals surface area contributed by atoms with E-state index in [1.165, 1.54) is 25.8 Å². The molecule has 18 heavy (non-hydrogen) atoms. The predicted octanol–water partition coefficient (Wildman–Crippen LogP) is 3.42. The SMILES string of the molecule is Cc1cc(F)cc(NCCC2CCCCN2C)c1. The number of likely N-dealkylation sites (tertiary alicyclic amines) is 1. The van der Waals surface area contributed by atoms with E-state index in [4.69, 9.17) is 0 Å². The average Bonchev–Trinajstić information content (AvgIpc) is 2.30. The van der Waals surface area contributed by atoms with Crippen LogP contribution in [0.25, 0.3) is 0 Å². The number of aryl methyl sites for hydroxylation is 1. The molecule has 0 aliphatic carbocycles. The van der Waals surface area contributed by atoms with Gasteiger partial charge in [0.1, 0.15) is 5.82 Å². The normalized spacial score (nSPS) is 20.9. The van der Waals surface area contributed by atoms with E-state index in [0.29, 0.717) is 6.04 Å². The lowest BCUT2D eigenvalue weighted by atomic mass is 10.0. The largest absolute Gasteiger partial charge is 0.385 e. The van der Waals surface area contributed by atoms with Crippen LogP contribution in [0.4, 0.5) is 10.1 Å². The van der Waals surface area contributed by atoms with Crippen molar-refractivity contribution >= 4 is 5.69 Å². The van der Waals surface area contributed by atoms with E-state index in [1.807, 2.05) is 13.0 Å². The van der Waals surface area contributed by atoms with Crippen molar-refractivity contribution in [3.8, 4) is 0 Å². The molecule has 1 unspecified atom stereocenters. The van der Waals surface area contributed by atoms with Crippen molar-refractivity contribution in [2.45, 2.75) is 38.6 Å². The Morgan fingerprint density at radius 1 is 1.33 bits per heavy atom. The summed E-state index contributed by atoms with van der Waals surface area (Å²) in [4.78, 5) is 2.45. The third-order valence-corrected chi connectivity index (χ3v) is 3.77. The van der Waals surface area contributed by atoms with Crippen LogP contribution in [0.2, 0.25) is 0 Å². The summed E-state index contributed by atoms with van der Waals surface area (Å²) in [6.07, 6.45) is 5.09. The summed E-state index contributed by atoms with van der Waals surface area (Å²) in [5.41, 5.74) is 1.86. The first kappa shape index (κ1) is 13.3. The Morgan fingerprint density at radius 3 is 2.89 bits per heavy atom. The Balaban J connectivity index is 1.80. The van der Waals surface area contributed by atoms with E-state index < -0.39 is 0 Å². The van der Waals surface area contributed by atoms with E-state index in [9.17, 15) is 4.39 Å². The number of anilines is 1. The lowest BCUT2D eigenvalue weighted by Crippen LogP contribution is -2.37. The van der Waals surface area contributed by atoms with Gasteiger partial charge in [0.2, 0.25) is 0 Å². The number of halogens is 1. The van der Waals surface area contributed by atoms with E-state index in [1.54, 1.807) is 12.1 Å². The molecule has 0 bridgehead atoms. The number of benzene rings is 1. The number of hydrogen-bond donors (Lipinski definition) is 1. The first-order valence-corrected chi connectivity index (χ1v) is 6.86. The number of rotatable bonds is 4. The monoisotopic (exact) mass is 250 g/mol. The maximum Gasteiger partial charge on any atom is 0.125 e. The third kappa shape index (κ3) is 3.70. The Labute approximate surface area is 109 Å². The van der Waals surface area contributed by atoms with Crippen LogP contribution in [0.3, 0.4) is 0 Å². The minimum Gasteiger partial charge on any atom is -0.385 e. The lowest BCUT2D eigenvalue weighted by molar-refractivity contribution is 0.179. The molecule has 0 radical (unpaired) electrons. The zero-order valence-corrected chi connectivity index (χ0v) is 11.4. The highest BCUT2D eigenvalue weighted by atomic mass is 19.1. The zero-order valence-electron chi connectivity index (χ0n) is 11.4. The second kappa shape index (κ2) is 6.19. The molecule has 100 valence electrons. The van der Waals surface area contributed by atoms with Gasteiger partial charge in [-0.2, -0.15) is 0 Å². The van der Waals surface area contributed by atoms with Gasteiger partial charge in [-0.1, -0.05) is 6.42 Å². The fourth-order valence-electron chi connectivity index (χ4n) is 2.73. The third-order valence-electron chi connectivity index (χ3n) is 3.77. The molecule has 1 aliphatic rings. The van der Waals surface area contributed by atoms with Crippen molar-refractivity contribution in [2.24, 2.45) is 0 Å². The molecule has 0 saturated carbocycles. The summed E-state index contributed by atoms with van der Waals surface area (Å²) in [6, 6.07) is 5.80. The highest BCUT2D eigenvalue weighted by Gasteiger charge is 2.17. The Hall–Kier alpha value is -1.09. The maximum absolute atomic E-state index is 13.2. The second-order valence-electron chi connectivity index (χ2n) is 5.36. The van der Waals surface area contributed by atoms with Crippen LogP contribution in [-0.4, -0.2) is 31.1 Å². The molecule has 1 saturated heterocycles. The lowest BCUT2D eigenvalue weighted by Gasteiger charge is -2.32. The van der Waals surface area contributed by atoms with Crippen LogP contribution in [0.1, 0.15) is 31.2 Å². The molecule has 1 N–H and O–H groups in total. The van der Waals surface area contributed by atoms with Gasteiger partial charge in [-0.3, -0.25) is 0 Å². The van der Waals surface area contributed by atoms with Crippen molar-refractivity contribution in [3.05, 3.63) is 29.6 Å². The summed E-state index contributed by atoms with van der Waals surface area (Å²) in [7, 11) is 2.20. The topological polar surface area (TPSA) is 15.3 Å². The number of piperidine rings is 1. The summed E-state index contributed by atoms with van der Waals surface area (Å²) in [5.74, 6) is -0.160. The molecule has 2 nitrogen and oxygen atoms in total. The molecule has 1 aromatic rings. The number of nitrogens with one attached hydrogen (secondary N) is 1. The molecule has 1 aromatic carbocycles. The molecular weight excluding hydrogens is 227 g/mol. The van der Waals surface area contributed by atoms with Crippen molar-refractivity contribution in [2.75, 3.05) is 25.5 Å².